The van der Waals surface area contributed by atoms with Crippen molar-refractivity contribution < 1.29 is 17.9 Å². The van der Waals surface area contributed by atoms with Gasteiger partial charge in [-0.05, 0) is 25.7 Å². The van der Waals surface area contributed by atoms with Crippen LogP contribution in [0.2, 0.25) is 0 Å². The van der Waals surface area contributed by atoms with Gasteiger partial charge in [0.2, 0.25) is 9.05 Å². The fourth-order valence-electron chi connectivity index (χ4n) is 3.00. The van der Waals surface area contributed by atoms with E-state index in [4.69, 9.17) is 20.2 Å². The maximum atomic E-state index is 11.3. The summed E-state index contributed by atoms with van der Waals surface area (Å²) in [7, 11) is 1.95. The zero-order valence-electron chi connectivity index (χ0n) is 10.6. The Labute approximate surface area is 113 Å². The Kier molecular flexibility index (Phi) is 4.92. The molecule has 0 N–H and O–H groups in total. The molecule has 1 aliphatic carbocycles. The molecule has 18 heavy (non-hydrogen) atoms. The van der Waals surface area contributed by atoms with Gasteiger partial charge in [-0.2, -0.15) is 0 Å². The van der Waals surface area contributed by atoms with Gasteiger partial charge >= 0.3 is 0 Å². The molecule has 1 unspecified atom stereocenters. The van der Waals surface area contributed by atoms with Gasteiger partial charge in [0.05, 0.1) is 25.1 Å². The molecule has 4 nitrogen and oxygen atoms in total. The Morgan fingerprint density at radius 1 is 1.28 bits per heavy atom. The largest absolute Gasteiger partial charge is 0.378 e. The average molecular weight is 297 g/mol. The van der Waals surface area contributed by atoms with Crippen LogP contribution in [0.1, 0.15) is 38.5 Å². The predicted octanol–water partition coefficient (Wildman–Crippen LogP) is 2.31. The average Bonchev–Trinajstić information content (AvgIpc) is 2.87. The highest BCUT2D eigenvalue weighted by Crippen LogP contribution is 2.40. The van der Waals surface area contributed by atoms with Gasteiger partial charge in [-0.25, -0.2) is 8.42 Å². The van der Waals surface area contributed by atoms with Crippen LogP contribution in [0.5, 0.6) is 0 Å². The molecule has 0 radical (unpaired) electrons. The minimum absolute atomic E-state index is 0.0348. The number of hydrogen-bond acceptors (Lipinski definition) is 4. The first kappa shape index (κ1) is 14.6. The Morgan fingerprint density at radius 3 is 2.56 bits per heavy atom. The second-order valence-electron chi connectivity index (χ2n) is 5.54. The maximum Gasteiger partial charge on any atom is 0.233 e. The van der Waals surface area contributed by atoms with Gasteiger partial charge in [-0.1, -0.05) is 12.8 Å². The first-order chi connectivity index (χ1) is 8.49. The zero-order valence-corrected chi connectivity index (χ0v) is 12.1. The van der Waals surface area contributed by atoms with Gasteiger partial charge in [0.15, 0.2) is 0 Å². The molecule has 2 fully saturated rings. The fraction of sp³-hybridized carbons (Fsp3) is 1.00. The molecule has 0 aromatic rings. The lowest BCUT2D eigenvalue weighted by Gasteiger charge is -2.27. The SMILES string of the molecule is O=S(=O)(Cl)CC1(COCC2CCCO2)CCCC1. The Morgan fingerprint density at radius 2 is 2.00 bits per heavy atom. The molecule has 1 atom stereocenters. The molecule has 1 aliphatic heterocycles. The van der Waals surface area contributed by atoms with E-state index in [1.54, 1.807) is 0 Å². The third-order valence-electron chi connectivity index (χ3n) is 3.88. The Bertz CT molecular complexity index is 356. The van der Waals surface area contributed by atoms with Crippen LogP contribution >= 0.6 is 10.7 Å². The molecule has 0 aromatic carbocycles. The molecule has 0 bridgehead atoms. The quantitative estimate of drug-likeness (QED) is 0.706. The molecule has 106 valence electrons. The molecule has 0 spiro atoms. The highest BCUT2D eigenvalue weighted by atomic mass is 35.7. The lowest BCUT2D eigenvalue weighted by molar-refractivity contribution is -0.0115. The summed E-state index contributed by atoms with van der Waals surface area (Å²) in [5, 5.41) is 0. The third-order valence-corrected chi connectivity index (χ3v) is 5.16. The van der Waals surface area contributed by atoms with Crippen LogP contribution in [0.25, 0.3) is 0 Å². The van der Waals surface area contributed by atoms with Gasteiger partial charge in [0.25, 0.3) is 0 Å². The molecule has 1 saturated carbocycles. The number of hydrogen-bond donors (Lipinski definition) is 0. The molecule has 2 aliphatic rings. The summed E-state index contributed by atoms with van der Waals surface area (Å²) in [6.07, 6.45) is 6.24. The molecule has 0 aromatic heterocycles. The molecule has 1 saturated heterocycles. The van der Waals surface area contributed by atoms with Crippen molar-refractivity contribution in [1.82, 2.24) is 0 Å². The summed E-state index contributed by atoms with van der Waals surface area (Å²) < 4.78 is 33.8. The third kappa shape index (κ3) is 4.37. The van der Waals surface area contributed by atoms with Crippen molar-refractivity contribution in [3.8, 4) is 0 Å². The number of ether oxygens (including phenoxy) is 2. The molecular formula is C12H21ClO4S. The van der Waals surface area contributed by atoms with E-state index < -0.39 is 9.05 Å². The van der Waals surface area contributed by atoms with E-state index in [9.17, 15) is 8.42 Å². The van der Waals surface area contributed by atoms with Crippen molar-refractivity contribution in [1.29, 1.82) is 0 Å². The van der Waals surface area contributed by atoms with E-state index >= 15 is 0 Å². The van der Waals surface area contributed by atoms with E-state index in [2.05, 4.69) is 0 Å². The van der Waals surface area contributed by atoms with Crippen LogP contribution < -0.4 is 0 Å². The minimum atomic E-state index is -3.45. The molecule has 2 rings (SSSR count). The van der Waals surface area contributed by atoms with Crippen LogP contribution in [-0.4, -0.2) is 40.1 Å². The Hall–Kier alpha value is 0.160. The second-order valence-corrected chi connectivity index (χ2v) is 8.32. The lowest BCUT2D eigenvalue weighted by atomic mass is 9.90. The van der Waals surface area contributed by atoms with Crippen molar-refractivity contribution in [2.24, 2.45) is 5.41 Å². The van der Waals surface area contributed by atoms with Crippen molar-refractivity contribution in [3.05, 3.63) is 0 Å². The molecule has 1 heterocycles. The van der Waals surface area contributed by atoms with Crippen LogP contribution in [0, 0.1) is 5.41 Å². The van der Waals surface area contributed by atoms with Gasteiger partial charge < -0.3 is 9.47 Å². The summed E-state index contributed by atoms with van der Waals surface area (Å²) in [4.78, 5) is 0. The minimum Gasteiger partial charge on any atom is -0.378 e. The summed E-state index contributed by atoms with van der Waals surface area (Å²) in [6, 6.07) is 0. The summed E-state index contributed by atoms with van der Waals surface area (Å²) in [5.41, 5.74) is -0.265. The number of halogens is 1. The highest BCUT2D eigenvalue weighted by Gasteiger charge is 2.38. The molecule has 6 heteroatoms. The van der Waals surface area contributed by atoms with Crippen LogP contribution in [-0.2, 0) is 18.5 Å². The smallest absolute Gasteiger partial charge is 0.233 e. The van der Waals surface area contributed by atoms with E-state index in [0.29, 0.717) is 13.2 Å². The normalized spacial score (nSPS) is 27.7. The second kappa shape index (κ2) is 6.07. The summed E-state index contributed by atoms with van der Waals surface area (Å²) in [6.45, 7) is 1.87. The van der Waals surface area contributed by atoms with E-state index in [-0.39, 0.29) is 17.3 Å². The van der Waals surface area contributed by atoms with Crippen LogP contribution in [0.4, 0.5) is 0 Å². The van der Waals surface area contributed by atoms with E-state index in [1.807, 2.05) is 0 Å². The summed E-state index contributed by atoms with van der Waals surface area (Å²) >= 11 is 0. The van der Waals surface area contributed by atoms with E-state index in [0.717, 1.165) is 45.1 Å². The fourth-order valence-corrected chi connectivity index (χ4v) is 4.80. The summed E-state index contributed by atoms with van der Waals surface area (Å²) in [5.74, 6) is 0.0348. The van der Waals surface area contributed by atoms with Crippen molar-refractivity contribution in [2.45, 2.75) is 44.6 Å². The van der Waals surface area contributed by atoms with Gasteiger partial charge in [-0.15, -0.1) is 0 Å². The lowest BCUT2D eigenvalue weighted by Crippen LogP contribution is -2.32. The maximum absolute atomic E-state index is 11.3. The first-order valence-corrected chi connectivity index (χ1v) is 9.09. The van der Waals surface area contributed by atoms with Crippen molar-refractivity contribution in [2.75, 3.05) is 25.6 Å². The monoisotopic (exact) mass is 296 g/mol. The standard InChI is InChI=1S/C12H21ClO4S/c13-18(14,15)10-12(5-1-2-6-12)9-16-8-11-4-3-7-17-11/h11H,1-10H2. The zero-order chi connectivity index (χ0) is 13.1. The van der Waals surface area contributed by atoms with Crippen molar-refractivity contribution >= 4 is 19.7 Å². The van der Waals surface area contributed by atoms with E-state index in [1.165, 1.54) is 0 Å². The molecular weight excluding hydrogens is 276 g/mol. The van der Waals surface area contributed by atoms with Crippen LogP contribution in [0.3, 0.4) is 0 Å². The highest BCUT2D eigenvalue weighted by molar-refractivity contribution is 8.13. The first-order valence-electron chi connectivity index (χ1n) is 6.61. The topological polar surface area (TPSA) is 52.6 Å². The van der Waals surface area contributed by atoms with Gasteiger partial charge in [0, 0.05) is 22.7 Å². The number of rotatable bonds is 6. The van der Waals surface area contributed by atoms with Gasteiger partial charge in [-0.3, -0.25) is 0 Å². The van der Waals surface area contributed by atoms with Crippen LogP contribution in [0.15, 0.2) is 0 Å². The Balaban J connectivity index is 1.82. The van der Waals surface area contributed by atoms with Crippen molar-refractivity contribution in [3.63, 3.8) is 0 Å². The predicted molar refractivity (Wildman–Crippen MR) is 70.3 cm³/mol. The van der Waals surface area contributed by atoms with Gasteiger partial charge in [0.1, 0.15) is 0 Å². The molecule has 0 amide bonds.